The minimum Gasteiger partial charge on any atom is -0.389 e. The van der Waals surface area contributed by atoms with E-state index in [4.69, 9.17) is 11.6 Å². The van der Waals surface area contributed by atoms with Gasteiger partial charge in [-0.15, -0.1) is 0 Å². The van der Waals surface area contributed by atoms with Gasteiger partial charge >= 0.3 is 0 Å². The van der Waals surface area contributed by atoms with Crippen molar-refractivity contribution in [1.29, 1.82) is 0 Å². The number of hydrogen-bond acceptors (Lipinski definition) is 4. The molecule has 0 aliphatic carbocycles. The fourth-order valence-corrected chi connectivity index (χ4v) is 4.17. The first-order valence-electron chi connectivity index (χ1n) is 7.21. The SMILES string of the molecule is OC1(CNCc2ccc(Cl)c3cccnc23)CCSCC1. The lowest BCUT2D eigenvalue weighted by molar-refractivity contribution is 0.0320. The molecule has 3 rings (SSSR count). The highest BCUT2D eigenvalue weighted by Gasteiger charge is 2.28. The summed E-state index contributed by atoms with van der Waals surface area (Å²) < 4.78 is 0. The highest BCUT2D eigenvalue weighted by molar-refractivity contribution is 7.99. The summed E-state index contributed by atoms with van der Waals surface area (Å²) >= 11 is 8.12. The van der Waals surface area contributed by atoms with Crippen molar-refractivity contribution in [1.82, 2.24) is 10.3 Å². The number of hydrogen-bond donors (Lipinski definition) is 2. The van der Waals surface area contributed by atoms with E-state index in [9.17, 15) is 5.11 Å². The molecule has 1 aliphatic heterocycles. The molecule has 21 heavy (non-hydrogen) atoms. The highest BCUT2D eigenvalue weighted by Crippen LogP contribution is 2.27. The van der Waals surface area contributed by atoms with Crippen LogP contribution in [0.3, 0.4) is 0 Å². The maximum Gasteiger partial charge on any atom is 0.0787 e. The van der Waals surface area contributed by atoms with Gasteiger partial charge in [-0.25, -0.2) is 0 Å². The second-order valence-electron chi connectivity index (χ2n) is 5.55. The van der Waals surface area contributed by atoms with Crippen LogP contribution in [0.4, 0.5) is 0 Å². The maximum atomic E-state index is 10.5. The minimum absolute atomic E-state index is 0.555. The molecular weight excluding hydrogens is 304 g/mol. The molecule has 3 nitrogen and oxygen atoms in total. The van der Waals surface area contributed by atoms with Crippen LogP contribution >= 0.6 is 23.4 Å². The van der Waals surface area contributed by atoms with Gasteiger partial charge in [-0.2, -0.15) is 11.8 Å². The first-order valence-corrected chi connectivity index (χ1v) is 8.74. The fraction of sp³-hybridized carbons (Fsp3) is 0.438. The Morgan fingerprint density at radius 1 is 1.29 bits per heavy atom. The quantitative estimate of drug-likeness (QED) is 0.907. The van der Waals surface area contributed by atoms with Crippen molar-refractivity contribution >= 4 is 34.3 Å². The number of fused-ring (bicyclic) bond motifs is 1. The minimum atomic E-state index is -0.555. The Hall–Kier alpha value is -0.810. The largest absolute Gasteiger partial charge is 0.389 e. The smallest absolute Gasteiger partial charge is 0.0787 e. The number of nitrogens with one attached hydrogen (secondary N) is 1. The summed E-state index contributed by atoms with van der Waals surface area (Å²) in [6.45, 7) is 1.32. The number of aromatic nitrogens is 1. The summed E-state index contributed by atoms with van der Waals surface area (Å²) in [5.74, 6) is 2.09. The second-order valence-corrected chi connectivity index (χ2v) is 7.18. The molecule has 0 bridgehead atoms. The zero-order chi connectivity index (χ0) is 14.7. The van der Waals surface area contributed by atoms with Crippen molar-refractivity contribution in [3.8, 4) is 0 Å². The topological polar surface area (TPSA) is 45.1 Å². The van der Waals surface area contributed by atoms with E-state index < -0.39 is 5.60 Å². The summed E-state index contributed by atoms with van der Waals surface area (Å²) in [6, 6.07) is 7.80. The Labute approximate surface area is 134 Å². The average molecular weight is 323 g/mol. The van der Waals surface area contributed by atoms with Crippen molar-refractivity contribution in [2.45, 2.75) is 25.0 Å². The average Bonchev–Trinajstić information content (AvgIpc) is 2.50. The Bertz CT molecular complexity index is 629. The number of aliphatic hydroxyl groups is 1. The lowest BCUT2D eigenvalue weighted by Crippen LogP contribution is -2.43. The number of nitrogens with zero attached hydrogens (tertiary/aromatic N) is 1. The number of benzene rings is 1. The van der Waals surface area contributed by atoms with Gasteiger partial charge in [0.25, 0.3) is 0 Å². The lowest BCUT2D eigenvalue weighted by Gasteiger charge is -2.32. The van der Waals surface area contributed by atoms with Gasteiger partial charge in [0.1, 0.15) is 0 Å². The standard InChI is InChI=1S/C16H19ClN2OS/c17-14-4-3-12(15-13(14)2-1-7-19-15)10-18-11-16(20)5-8-21-9-6-16/h1-4,7,18,20H,5-6,8-11H2. The van der Waals surface area contributed by atoms with E-state index in [0.29, 0.717) is 13.1 Å². The number of rotatable bonds is 4. The van der Waals surface area contributed by atoms with E-state index in [1.165, 1.54) is 0 Å². The first-order chi connectivity index (χ1) is 10.2. The summed E-state index contributed by atoms with van der Waals surface area (Å²) in [4.78, 5) is 4.43. The van der Waals surface area contributed by atoms with Crippen molar-refractivity contribution in [2.24, 2.45) is 0 Å². The molecule has 0 atom stereocenters. The predicted octanol–water partition coefficient (Wildman–Crippen LogP) is 3.24. The Morgan fingerprint density at radius 3 is 2.90 bits per heavy atom. The molecule has 1 aliphatic rings. The van der Waals surface area contributed by atoms with Gasteiger partial charge in [-0.05, 0) is 48.1 Å². The van der Waals surface area contributed by atoms with E-state index in [2.05, 4.69) is 10.3 Å². The van der Waals surface area contributed by atoms with E-state index in [-0.39, 0.29) is 0 Å². The molecule has 1 aromatic heterocycles. The molecule has 5 heteroatoms. The molecule has 1 fully saturated rings. The molecule has 0 saturated carbocycles. The van der Waals surface area contributed by atoms with Crippen molar-refractivity contribution < 1.29 is 5.11 Å². The third-order valence-corrected chi connectivity index (χ3v) is 5.31. The number of thioether (sulfide) groups is 1. The molecule has 1 saturated heterocycles. The second kappa shape index (κ2) is 6.53. The van der Waals surface area contributed by atoms with E-state index in [1.807, 2.05) is 36.0 Å². The van der Waals surface area contributed by atoms with Crippen LogP contribution in [0, 0.1) is 0 Å². The van der Waals surface area contributed by atoms with E-state index >= 15 is 0 Å². The zero-order valence-corrected chi connectivity index (χ0v) is 13.4. The Balaban J connectivity index is 1.69. The van der Waals surface area contributed by atoms with Crippen molar-refractivity contribution in [2.75, 3.05) is 18.1 Å². The van der Waals surface area contributed by atoms with Crippen LogP contribution < -0.4 is 5.32 Å². The van der Waals surface area contributed by atoms with Gasteiger partial charge < -0.3 is 10.4 Å². The first kappa shape index (κ1) is 15.1. The normalized spacial score (nSPS) is 18.0. The van der Waals surface area contributed by atoms with Crippen LogP contribution in [-0.4, -0.2) is 33.7 Å². The van der Waals surface area contributed by atoms with Gasteiger partial charge in [0.2, 0.25) is 0 Å². The molecule has 0 spiro atoms. The van der Waals surface area contributed by atoms with Crippen LogP contribution in [0.25, 0.3) is 10.9 Å². The molecule has 0 amide bonds. The molecule has 1 aromatic carbocycles. The predicted molar refractivity (Wildman–Crippen MR) is 90.0 cm³/mol. The van der Waals surface area contributed by atoms with E-state index in [1.54, 1.807) is 6.20 Å². The maximum absolute atomic E-state index is 10.5. The Morgan fingerprint density at radius 2 is 2.10 bits per heavy atom. The zero-order valence-electron chi connectivity index (χ0n) is 11.8. The van der Waals surface area contributed by atoms with Crippen LogP contribution in [-0.2, 0) is 6.54 Å². The third kappa shape index (κ3) is 3.51. The third-order valence-electron chi connectivity index (χ3n) is 3.99. The van der Waals surface area contributed by atoms with Crippen LogP contribution in [0.15, 0.2) is 30.5 Å². The molecule has 2 aromatic rings. The number of pyridine rings is 1. The summed E-state index contributed by atoms with van der Waals surface area (Å²) in [6.07, 6.45) is 3.52. The lowest BCUT2D eigenvalue weighted by atomic mass is 9.97. The summed E-state index contributed by atoms with van der Waals surface area (Å²) in [7, 11) is 0. The van der Waals surface area contributed by atoms with Gasteiger partial charge in [0.05, 0.1) is 11.1 Å². The van der Waals surface area contributed by atoms with Crippen LogP contribution in [0.2, 0.25) is 5.02 Å². The van der Waals surface area contributed by atoms with Gasteiger partial charge in [0.15, 0.2) is 0 Å². The fourth-order valence-electron chi connectivity index (χ4n) is 2.70. The summed E-state index contributed by atoms with van der Waals surface area (Å²) in [5.41, 5.74) is 1.49. The monoisotopic (exact) mass is 322 g/mol. The van der Waals surface area contributed by atoms with Crippen molar-refractivity contribution in [3.05, 3.63) is 41.0 Å². The Kier molecular flexibility index (Phi) is 4.69. The van der Waals surface area contributed by atoms with Gasteiger partial charge in [-0.3, -0.25) is 4.98 Å². The molecule has 0 unspecified atom stereocenters. The molecular formula is C16H19ClN2OS. The molecule has 0 radical (unpaired) electrons. The molecule has 112 valence electrons. The van der Waals surface area contributed by atoms with Crippen molar-refractivity contribution in [3.63, 3.8) is 0 Å². The highest BCUT2D eigenvalue weighted by atomic mass is 35.5. The molecule has 2 N–H and O–H groups in total. The van der Waals surface area contributed by atoms with Crippen LogP contribution in [0.1, 0.15) is 18.4 Å². The van der Waals surface area contributed by atoms with Gasteiger partial charge in [0, 0.05) is 29.7 Å². The van der Waals surface area contributed by atoms with Crippen LogP contribution in [0.5, 0.6) is 0 Å². The van der Waals surface area contributed by atoms with Gasteiger partial charge in [-0.1, -0.05) is 17.7 Å². The van der Waals surface area contributed by atoms with E-state index in [0.717, 1.165) is 45.8 Å². The molecule has 2 heterocycles. The number of halogens is 1. The summed E-state index contributed by atoms with van der Waals surface area (Å²) in [5, 5.41) is 15.6.